The monoisotopic (exact) mass is 268 g/mol. The lowest BCUT2D eigenvalue weighted by molar-refractivity contribution is 0.396. The second-order valence-corrected chi connectivity index (χ2v) is 4.74. The third-order valence-electron chi connectivity index (χ3n) is 3.18. The number of aromatic nitrogens is 2. The van der Waals surface area contributed by atoms with Crippen molar-refractivity contribution in [3.63, 3.8) is 0 Å². The standard InChI is InChI=1S/C15H16N4O/c1-10-9-13(20-3)17-15-14(16-10)11(2)18-19(15)12-7-5-4-6-8-12/h4-8H,9H2,1-3H3. The Morgan fingerprint density at radius 3 is 2.55 bits per heavy atom. The van der Waals surface area contributed by atoms with Gasteiger partial charge in [-0.25, -0.2) is 4.68 Å². The van der Waals surface area contributed by atoms with E-state index in [0.717, 1.165) is 28.6 Å². The average Bonchev–Trinajstić information content (AvgIpc) is 2.66. The Balaban J connectivity index is 2.24. The van der Waals surface area contributed by atoms with E-state index in [1.54, 1.807) is 7.11 Å². The maximum absolute atomic E-state index is 5.33. The summed E-state index contributed by atoms with van der Waals surface area (Å²) in [5.74, 6) is 1.38. The summed E-state index contributed by atoms with van der Waals surface area (Å²) in [5, 5.41) is 4.55. The topological polar surface area (TPSA) is 51.8 Å². The van der Waals surface area contributed by atoms with E-state index >= 15 is 0 Å². The van der Waals surface area contributed by atoms with Crippen LogP contribution in [0.4, 0.5) is 11.5 Å². The van der Waals surface area contributed by atoms with Crippen molar-refractivity contribution in [3.8, 4) is 5.69 Å². The predicted octanol–water partition coefficient (Wildman–Crippen LogP) is 3.35. The third-order valence-corrected chi connectivity index (χ3v) is 3.18. The zero-order chi connectivity index (χ0) is 14.1. The number of rotatable bonds is 1. The van der Waals surface area contributed by atoms with Crippen LogP contribution in [0.2, 0.25) is 0 Å². The molecule has 2 heterocycles. The summed E-state index contributed by atoms with van der Waals surface area (Å²) in [6.45, 7) is 3.92. The molecule has 5 heteroatoms. The molecule has 0 radical (unpaired) electrons. The van der Waals surface area contributed by atoms with Crippen molar-refractivity contribution in [2.24, 2.45) is 9.98 Å². The Morgan fingerprint density at radius 2 is 1.85 bits per heavy atom. The van der Waals surface area contributed by atoms with Crippen LogP contribution in [0.25, 0.3) is 5.69 Å². The van der Waals surface area contributed by atoms with Crippen LogP contribution >= 0.6 is 0 Å². The molecule has 102 valence electrons. The van der Waals surface area contributed by atoms with E-state index in [0.29, 0.717) is 12.3 Å². The van der Waals surface area contributed by atoms with E-state index in [1.807, 2.05) is 48.9 Å². The van der Waals surface area contributed by atoms with Crippen molar-refractivity contribution >= 4 is 23.1 Å². The Bertz CT molecular complexity index is 698. The lowest BCUT2D eigenvalue weighted by Crippen LogP contribution is -2.06. The SMILES string of the molecule is COC1=Nc2c(c(C)nn2-c2ccccc2)N=C(C)C1. The molecule has 0 N–H and O–H groups in total. The number of nitrogens with zero attached hydrogens (tertiary/aromatic N) is 4. The summed E-state index contributed by atoms with van der Waals surface area (Å²) in [6.07, 6.45) is 0.624. The molecule has 20 heavy (non-hydrogen) atoms. The fourth-order valence-electron chi connectivity index (χ4n) is 2.21. The number of methoxy groups -OCH3 is 1. The molecule has 0 bridgehead atoms. The van der Waals surface area contributed by atoms with Gasteiger partial charge in [-0.2, -0.15) is 10.1 Å². The van der Waals surface area contributed by atoms with Gasteiger partial charge < -0.3 is 4.74 Å². The van der Waals surface area contributed by atoms with Crippen LogP contribution in [0.15, 0.2) is 40.3 Å². The highest BCUT2D eigenvalue weighted by Gasteiger charge is 2.20. The van der Waals surface area contributed by atoms with E-state index in [-0.39, 0.29) is 0 Å². The zero-order valence-corrected chi connectivity index (χ0v) is 11.8. The maximum atomic E-state index is 5.33. The second-order valence-electron chi connectivity index (χ2n) is 4.74. The van der Waals surface area contributed by atoms with Crippen molar-refractivity contribution in [1.82, 2.24) is 9.78 Å². The van der Waals surface area contributed by atoms with Gasteiger partial charge in [0.05, 0.1) is 24.9 Å². The van der Waals surface area contributed by atoms with Gasteiger partial charge in [0.2, 0.25) is 0 Å². The number of para-hydroxylation sites is 1. The molecule has 0 aliphatic carbocycles. The van der Waals surface area contributed by atoms with E-state index in [2.05, 4.69) is 15.1 Å². The van der Waals surface area contributed by atoms with Gasteiger partial charge in [-0.05, 0) is 26.0 Å². The van der Waals surface area contributed by atoms with Gasteiger partial charge in [-0.1, -0.05) is 18.2 Å². The Hall–Kier alpha value is -2.43. The lowest BCUT2D eigenvalue weighted by Gasteiger charge is -2.05. The molecule has 0 fully saturated rings. The van der Waals surface area contributed by atoms with E-state index in [4.69, 9.17) is 4.74 Å². The molecule has 1 aliphatic heterocycles. The molecule has 0 saturated carbocycles. The summed E-state index contributed by atoms with van der Waals surface area (Å²) in [5.41, 5.74) is 3.62. The van der Waals surface area contributed by atoms with Crippen LogP contribution in [0.5, 0.6) is 0 Å². The summed E-state index contributed by atoms with van der Waals surface area (Å²) in [6, 6.07) is 9.92. The van der Waals surface area contributed by atoms with Crippen LogP contribution in [-0.2, 0) is 4.74 Å². The molecule has 1 aromatic heterocycles. The van der Waals surface area contributed by atoms with Gasteiger partial charge in [0.25, 0.3) is 0 Å². The molecule has 1 aromatic carbocycles. The Labute approximate surface area is 117 Å². The fourth-order valence-corrected chi connectivity index (χ4v) is 2.21. The Morgan fingerprint density at radius 1 is 1.10 bits per heavy atom. The van der Waals surface area contributed by atoms with Gasteiger partial charge in [0.1, 0.15) is 5.69 Å². The van der Waals surface area contributed by atoms with Gasteiger partial charge in [0.15, 0.2) is 11.7 Å². The molecule has 0 atom stereocenters. The molecule has 3 rings (SSSR count). The number of hydrogen-bond acceptors (Lipinski definition) is 4. The summed E-state index contributed by atoms with van der Waals surface area (Å²) < 4.78 is 7.14. The first-order valence-electron chi connectivity index (χ1n) is 6.50. The van der Waals surface area contributed by atoms with Crippen molar-refractivity contribution in [2.75, 3.05) is 7.11 Å². The summed E-state index contributed by atoms with van der Waals surface area (Å²) in [7, 11) is 1.63. The minimum atomic E-state index is 0.624. The van der Waals surface area contributed by atoms with Crippen molar-refractivity contribution in [2.45, 2.75) is 20.3 Å². The molecule has 5 nitrogen and oxygen atoms in total. The van der Waals surface area contributed by atoms with E-state index < -0.39 is 0 Å². The molecule has 0 spiro atoms. The number of aryl methyl sites for hydroxylation is 1. The van der Waals surface area contributed by atoms with Crippen LogP contribution < -0.4 is 0 Å². The van der Waals surface area contributed by atoms with Crippen LogP contribution in [0.1, 0.15) is 19.0 Å². The molecule has 2 aromatic rings. The Kier molecular flexibility index (Phi) is 3.10. The fraction of sp³-hybridized carbons (Fsp3) is 0.267. The molecular weight excluding hydrogens is 252 g/mol. The van der Waals surface area contributed by atoms with Gasteiger partial charge >= 0.3 is 0 Å². The zero-order valence-electron chi connectivity index (χ0n) is 11.8. The number of aliphatic imine (C=N–C) groups is 2. The number of hydrogen-bond donors (Lipinski definition) is 0. The summed E-state index contributed by atoms with van der Waals surface area (Å²) >= 11 is 0. The maximum Gasteiger partial charge on any atom is 0.195 e. The minimum Gasteiger partial charge on any atom is -0.484 e. The van der Waals surface area contributed by atoms with Crippen LogP contribution in [0.3, 0.4) is 0 Å². The molecule has 0 saturated heterocycles. The van der Waals surface area contributed by atoms with Crippen molar-refractivity contribution in [1.29, 1.82) is 0 Å². The van der Waals surface area contributed by atoms with E-state index in [1.165, 1.54) is 0 Å². The molecule has 1 aliphatic rings. The van der Waals surface area contributed by atoms with Gasteiger partial charge in [-0.3, -0.25) is 4.99 Å². The van der Waals surface area contributed by atoms with Crippen molar-refractivity contribution in [3.05, 3.63) is 36.0 Å². The average molecular weight is 268 g/mol. The highest BCUT2D eigenvalue weighted by Crippen LogP contribution is 2.36. The summed E-state index contributed by atoms with van der Waals surface area (Å²) in [4.78, 5) is 9.21. The molecule has 0 amide bonds. The third kappa shape index (κ3) is 2.11. The van der Waals surface area contributed by atoms with Gasteiger partial charge in [-0.15, -0.1) is 0 Å². The first-order valence-corrected chi connectivity index (χ1v) is 6.50. The predicted molar refractivity (Wildman–Crippen MR) is 79.8 cm³/mol. The highest BCUT2D eigenvalue weighted by molar-refractivity contribution is 6.04. The van der Waals surface area contributed by atoms with Crippen molar-refractivity contribution < 1.29 is 4.74 Å². The normalized spacial score (nSPS) is 14.2. The number of ether oxygens (including phenoxy) is 1. The quantitative estimate of drug-likeness (QED) is 0.796. The lowest BCUT2D eigenvalue weighted by atomic mass is 10.3. The van der Waals surface area contributed by atoms with E-state index in [9.17, 15) is 0 Å². The smallest absolute Gasteiger partial charge is 0.195 e. The number of benzene rings is 1. The first kappa shape index (κ1) is 12.6. The van der Waals surface area contributed by atoms with Crippen LogP contribution in [0, 0.1) is 6.92 Å². The van der Waals surface area contributed by atoms with Gasteiger partial charge in [0, 0.05) is 5.71 Å². The second kappa shape index (κ2) is 4.92. The molecular formula is C15H16N4O. The minimum absolute atomic E-state index is 0.624. The largest absolute Gasteiger partial charge is 0.484 e. The molecule has 0 unspecified atom stereocenters. The highest BCUT2D eigenvalue weighted by atomic mass is 16.5. The van der Waals surface area contributed by atoms with Crippen LogP contribution in [-0.4, -0.2) is 28.5 Å². The first-order chi connectivity index (χ1) is 9.69. The number of fused-ring (bicyclic) bond motifs is 1.